The molecule has 2 heterocycles. The third kappa shape index (κ3) is 4.21. The molecule has 4 aromatic carbocycles. The molecule has 11 heteroatoms. The van der Waals surface area contributed by atoms with Crippen LogP contribution >= 0.6 is 46.4 Å². The van der Waals surface area contributed by atoms with Crippen molar-refractivity contribution in [2.45, 2.75) is 6.42 Å². The molecule has 0 saturated carbocycles. The molecule has 0 aliphatic carbocycles. The maximum absolute atomic E-state index is 13.2. The summed E-state index contributed by atoms with van der Waals surface area (Å²) < 4.78 is 5.59. The Bertz CT molecular complexity index is 1740. The van der Waals surface area contributed by atoms with Gasteiger partial charge in [-0.3, -0.25) is 19.2 Å². The predicted octanol–water partition coefficient (Wildman–Crippen LogP) is 7.21. The van der Waals surface area contributed by atoms with E-state index in [2.05, 4.69) is 0 Å². The first kappa shape index (κ1) is 26.6. The molecule has 0 N–H and O–H groups in total. The maximum atomic E-state index is 13.2. The van der Waals surface area contributed by atoms with Crippen molar-refractivity contribution >= 4 is 92.2 Å². The van der Waals surface area contributed by atoms with Crippen molar-refractivity contribution in [3.05, 3.63) is 97.9 Å². The number of ether oxygens (including phenoxy) is 1. The van der Waals surface area contributed by atoms with Gasteiger partial charge in [-0.1, -0.05) is 88.9 Å². The normalized spacial score (nSPS) is 16.7. The lowest BCUT2D eigenvalue weighted by molar-refractivity contribution is -0.139. The molecule has 2 aliphatic heterocycles. The smallest absolute Gasteiger partial charge is 0.316 e. The van der Waals surface area contributed by atoms with Crippen LogP contribution < -0.4 is 14.5 Å². The molecule has 1 atom stereocenters. The van der Waals surface area contributed by atoms with Crippen molar-refractivity contribution in [3.63, 3.8) is 0 Å². The van der Waals surface area contributed by atoms with E-state index < -0.39 is 23.7 Å². The van der Waals surface area contributed by atoms with Crippen molar-refractivity contribution in [3.8, 4) is 5.75 Å². The van der Waals surface area contributed by atoms with E-state index in [-0.39, 0.29) is 61.5 Å². The van der Waals surface area contributed by atoms with Gasteiger partial charge in [0.15, 0.2) is 0 Å². The monoisotopic (exact) mass is 612 g/mol. The number of amides is 3. The molecule has 200 valence electrons. The average molecular weight is 614 g/mol. The minimum atomic E-state index is -0.749. The van der Waals surface area contributed by atoms with Crippen LogP contribution in [0.2, 0.25) is 20.1 Å². The molecular formula is C29H16Cl4N2O5. The number of anilines is 2. The SMILES string of the molecule is O=C(Oc1cccc(N2C(=O)c3c(Cl)c(Cl)c(Cl)c(Cl)c3C2=O)c1)[C@H]1CC(=O)N(c2cccc3ccccc23)C1. The Labute approximate surface area is 247 Å². The van der Waals surface area contributed by atoms with Gasteiger partial charge in [0.1, 0.15) is 5.75 Å². The minimum absolute atomic E-state index is 0.0152. The Hall–Kier alpha value is -3.62. The highest BCUT2D eigenvalue weighted by atomic mass is 35.5. The zero-order valence-electron chi connectivity index (χ0n) is 20.3. The van der Waals surface area contributed by atoms with Crippen LogP contribution in [0.25, 0.3) is 10.8 Å². The molecule has 0 spiro atoms. The topological polar surface area (TPSA) is 84.0 Å². The minimum Gasteiger partial charge on any atom is -0.426 e. The number of fused-ring (bicyclic) bond motifs is 2. The number of imide groups is 1. The lowest BCUT2D eigenvalue weighted by atomic mass is 10.1. The Balaban J connectivity index is 1.23. The van der Waals surface area contributed by atoms with Crippen molar-refractivity contribution in [2.24, 2.45) is 5.92 Å². The number of benzene rings is 4. The second-order valence-corrected chi connectivity index (χ2v) is 10.8. The molecule has 4 aromatic rings. The largest absolute Gasteiger partial charge is 0.426 e. The van der Waals surface area contributed by atoms with Crippen LogP contribution in [0.5, 0.6) is 5.75 Å². The molecule has 2 aliphatic rings. The highest BCUT2D eigenvalue weighted by Crippen LogP contribution is 2.46. The molecule has 7 nitrogen and oxygen atoms in total. The quantitative estimate of drug-likeness (QED) is 0.0798. The fraction of sp³-hybridized carbons (Fsp3) is 0.103. The summed E-state index contributed by atoms with van der Waals surface area (Å²) in [6.45, 7) is 0.155. The van der Waals surface area contributed by atoms with E-state index in [0.29, 0.717) is 0 Å². The molecule has 1 fully saturated rings. The molecule has 0 unspecified atom stereocenters. The van der Waals surface area contributed by atoms with Gasteiger partial charge in [0.2, 0.25) is 5.91 Å². The Morgan fingerprint density at radius 2 is 1.40 bits per heavy atom. The molecule has 0 bridgehead atoms. The van der Waals surface area contributed by atoms with Crippen molar-refractivity contribution in [2.75, 3.05) is 16.3 Å². The lowest BCUT2D eigenvalue weighted by Crippen LogP contribution is -2.29. The van der Waals surface area contributed by atoms with Gasteiger partial charge in [-0.2, -0.15) is 0 Å². The Morgan fingerprint density at radius 3 is 2.10 bits per heavy atom. The molecule has 6 rings (SSSR count). The first-order chi connectivity index (χ1) is 19.2. The number of rotatable bonds is 4. The van der Waals surface area contributed by atoms with Crippen LogP contribution in [0, 0.1) is 5.92 Å². The first-order valence-corrected chi connectivity index (χ1v) is 13.5. The Morgan fingerprint density at radius 1 is 0.775 bits per heavy atom. The summed E-state index contributed by atoms with van der Waals surface area (Å²) in [6.07, 6.45) is -0.0152. The summed E-state index contributed by atoms with van der Waals surface area (Å²) in [5.41, 5.74) is 0.525. The molecule has 40 heavy (non-hydrogen) atoms. The zero-order valence-corrected chi connectivity index (χ0v) is 23.3. The second-order valence-electron chi connectivity index (χ2n) is 9.27. The van der Waals surface area contributed by atoms with E-state index in [1.165, 1.54) is 24.3 Å². The van der Waals surface area contributed by atoms with E-state index in [9.17, 15) is 19.2 Å². The van der Waals surface area contributed by atoms with Gasteiger partial charge in [0.25, 0.3) is 11.8 Å². The molecule has 3 amide bonds. The van der Waals surface area contributed by atoms with Crippen LogP contribution in [0.4, 0.5) is 11.4 Å². The number of hydrogen-bond acceptors (Lipinski definition) is 5. The van der Waals surface area contributed by atoms with Crippen LogP contribution in [-0.4, -0.2) is 30.2 Å². The van der Waals surface area contributed by atoms with Gasteiger partial charge in [-0.15, -0.1) is 0 Å². The summed E-state index contributed by atoms with van der Waals surface area (Å²) in [6, 6.07) is 19.2. The summed E-state index contributed by atoms with van der Waals surface area (Å²) in [4.78, 5) is 54.8. The molecular weight excluding hydrogens is 598 g/mol. The maximum Gasteiger partial charge on any atom is 0.316 e. The lowest BCUT2D eigenvalue weighted by Gasteiger charge is -2.19. The standard InChI is InChI=1S/C29H16Cl4N2O5/c30-23-21-22(24(31)26(33)25(23)32)28(38)35(27(21)37)16-7-4-8-17(12-16)40-29(39)15-11-20(36)34(13-15)19-10-3-6-14-5-1-2-9-18(14)19/h1-10,12,15H,11,13H2/t15-/m0/s1. The fourth-order valence-corrected chi connectivity index (χ4v) is 6.03. The van der Waals surface area contributed by atoms with E-state index in [0.717, 1.165) is 21.4 Å². The van der Waals surface area contributed by atoms with Gasteiger partial charge in [-0.25, -0.2) is 4.90 Å². The fourth-order valence-electron chi connectivity index (χ4n) is 5.01. The van der Waals surface area contributed by atoms with Crippen LogP contribution in [-0.2, 0) is 9.59 Å². The predicted molar refractivity (Wildman–Crippen MR) is 154 cm³/mol. The van der Waals surface area contributed by atoms with Crippen molar-refractivity contribution in [1.82, 2.24) is 0 Å². The first-order valence-electron chi connectivity index (χ1n) is 12.0. The van der Waals surface area contributed by atoms with Gasteiger partial charge < -0.3 is 9.64 Å². The summed E-state index contributed by atoms with van der Waals surface area (Å²) >= 11 is 24.6. The third-order valence-corrected chi connectivity index (χ3v) is 8.71. The van der Waals surface area contributed by atoms with Gasteiger partial charge in [0, 0.05) is 24.4 Å². The average Bonchev–Trinajstić information content (AvgIpc) is 3.46. The number of esters is 1. The number of nitrogens with zero attached hydrogens (tertiary/aromatic N) is 2. The Kier molecular flexibility index (Phi) is 6.71. The molecule has 1 saturated heterocycles. The number of hydrogen-bond donors (Lipinski definition) is 0. The zero-order chi connectivity index (χ0) is 28.3. The third-order valence-electron chi connectivity index (χ3n) is 6.91. The van der Waals surface area contributed by atoms with Crippen LogP contribution in [0.15, 0.2) is 66.7 Å². The number of halogens is 4. The summed E-state index contributed by atoms with van der Waals surface area (Å²) in [5, 5.41) is 1.25. The molecule has 0 aromatic heterocycles. The van der Waals surface area contributed by atoms with E-state index in [1.54, 1.807) is 4.90 Å². The van der Waals surface area contributed by atoms with Crippen molar-refractivity contribution in [1.29, 1.82) is 0 Å². The van der Waals surface area contributed by atoms with Crippen LogP contribution in [0.3, 0.4) is 0 Å². The van der Waals surface area contributed by atoms with E-state index in [1.807, 2.05) is 42.5 Å². The van der Waals surface area contributed by atoms with E-state index >= 15 is 0 Å². The highest BCUT2D eigenvalue weighted by Gasteiger charge is 2.43. The van der Waals surface area contributed by atoms with Gasteiger partial charge in [0.05, 0.1) is 48.5 Å². The van der Waals surface area contributed by atoms with Crippen LogP contribution in [0.1, 0.15) is 27.1 Å². The second kappa shape index (κ2) is 10.1. The van der Waals surface area contributed by atoms with Gasteiger partial charge >= 0.3 is 5.97 Å². The number of carbonyl (C=O) groups excluding carboxylic acids is 4. The van der Waals surface area contributed by atoms with Gasteiger partial charge in [-0.05, 0) is 23.6 Å². The van der Waals surface area contributed by atoms with Crippen molar-refractivity contribution < 1.29 is 23.9 Å². The summed E-state index contributed by atoms with van der Waals surface area (Å²) in [7, 11) is 0. The molecule has 0 radical (unpaired) electrons. The number of carbonyl (C=O) groups is 4. The van der Waals surface area contributed by atoms with E-state index in [4.69, 9.17) is 51.1 Å². The highest BCUT2D eigenvalue weighted by molar-refractivity contribution is 6.56. The summed E-state index contributed by atoms with van der Waals surface area (Å²) in [5.74, 6) is -2.92.